The van der Waals surface area contributed by atoms with Crippen LogP contribution in [0.5, 0.6) is 5.75 Å². The van der Waals surface area contributed by atoms with Crippen LogP contribution in [-0.2, 0) is 0 Å². The van der Waals surface area contributed by atoms with Crippen LogP contribution >= 0.6 is 0 Å². The van der Waals surface area contributed by atoms with Gasteiger partial charge in [-0.05, 0) is 48.5 Å². The molecular weight excluding hydrogens is 308 g/mol. The number of rotatable bonds is 3. The minimum absolute atomic E-state index is 0.124. The summed E-state index contributed by atoms with van der Waals surface area (Å²) in [6.45, 7) is 1.96. The fourth-order valence-electron chi connectivity index (χ4n) is 2.31. The van der Waals surface area contributed by atoms with E-state index in [2.05, 4.69) is 10.5 Å². The Morgan fingerprint density at radius 1 is 1.17 bits per heavy atom. The summed E-state index contributed by atoms with van der Waals surface area (Å²) < 4.78 is 10.7. The van der Waals surface area contributed by atoms with Gasteiger partial charge in [-0.25, -0.2) is 0 Å². The number of aryl methyl sites for hydroxylation is 1. The Labute approximate surface area is 138 Å². The number of hydrogen-bond acceptors (Lipinski definition) is 5. The average molecular weight is 324 g/mol. The molecule has 0 aliphatic rings. The van der Waals surface area contributed by atoms with Crippen LogP contribution in [0.25, 0.3) is 11.0 Å². The van der Waals surface area contributed by atoms with Gasteiger partial charge in [0.05, 0.1) is 7.11 Å². The fourth-order valence-corrected chi connectivity index (χ4v) is 2.31. The maximum Gasteiger partial charge on any atom is 0.268 e. The lowest BCUT2D eigenvalue weighted by Crippen LogP contribution is -2.21. The first-order chi connectivity index (χ1) is 11.6. The number of methoxy groups -OCH3 is 1. The molecule has 122 valence electrons. The molecule has 0 fully saturated rings. The third kappa shape index (κ3) is 3.08. The third-order valence-electron chi connectivity index (χ3n) is 3.60. The normalized spacial score (nSPS) is 11.5. The first-order valence-electron chi connectivity index (χ1n) is 7.29. The lowest BCUT2D eigenvalue weighted by atomic mass is 10.1. The molecule has 0 spiro atoms. The van der Waals surface area contributed by atoms with Crippen molar-refractivity contribution >= 4 is 22.6 Å². The van der Waals surface area contributed by atoms with Crippen molar-refractivity contribution in [2.24, 2.45) is 5.16 Å². The highest BCUT2D eigenvalue weighted by Gasteiger charge is 2.13. The largest absolute Gasteiger partial charge is 0.497 e. The van der Waals surface area contributed by atoms with Crippen molar-refractivity contribution in [3.63, 3.8) is 0 Å². The highest BCUT2D eigenvalue weighted by molar-refractivity contribution is 6.05. The standard InChI is InChI=1S/C18H16N2O4/c1-11-3-5-13(6-4-11)19-17(21)15-10-12-9-14(23-2)7-8-16(12)24-18(15)20-22/h3-10,22H,1-2H3,(H,19,21)/b20-18+. The summed E-state index contributed by atoms with van der Waals surface area (Å²) >= 11 is 0. The molecule has 3 rings (SSSR count). The number of anilines is 1. The lowest BCUT2D eigenvalue weighted by Gasteiger charge is -2.07. The molecule has 0 radical (unpaired) electrons. The molecule has 6 heteroatoms. The molecule has 0 bridgehead atoms. The van der Waals surface area contributed by atoms with Gasteiger partial charge in [-0.1, -0.05) is 17.7 Å². The minimum Gasteiger partial charge on any atom is -0.497 e. The number of benzene rings is 2. The van der Waals surface area contributed by atoms with Gasteiger partial charge in [0, 0.05) is 11.1 Å². The second-order valence-corrected chi connectivity index (χ2v) is 5.29. The van der Waals surface area contributed by atoms with E-state index in [9.17, 15) is 4.79 Å². The molecule has 1 amide bonds. The number of nitrogens with one attached hydrogen (secondary N) is 1. The summed E-state index contributed by atoms with van der Waals surface area (Å²) in [7, 11) is 1.56. The van der Waals surface area contributed by atoms with Crippen LogP contribution in [0.3, 0.4) is 0 Å². The van der Waals surface area contributed by atoms with Crippen molar-refractivity contribution in [1.82, 2.24) is 0 Å². The van der Waals surface area contributed by atoms with Crippen LogP contribution in [-0.4, -0.2) is 18.2 Å². The van der Waals surface area contributed by atoms with E-state index in [1.807, 2.05) is 19.1 Å². The number of carbonyl (C=O) groups excluding carboxylic acids is 1. The monoisotopic (exact) mass is 324 g/mol. The van der Waals surface area contributed by atoms with E-state index in [0.29, 0.717) is 22.4 Å². The predicted molar refractivity (Wildman–Crippen MR) is 89.2 cm³/mol. The van der Waals surface area contributed by atoms with Crippen molar-refractivity contribution in [2.45, 2.75) is 6.92 Å². The molecule has 0 unspecified atom stereocenters. The summed E-state index contributed by atoms with van der Waals surface area (Å²) in [6.07, 6.45) is 0. The second-order valence-electron chi connectivity index (χ2n) is 5.29. The van der Waals surface area contributed by atoms with Gasteiger partial charge in [0.1, 0.15) is 16.9 Å². The van der Waals surface area contributed by atoms with E-state index in [1.165, 1.54) is 0 Å². The summed E-state index contributed by atoms with van der Waals surface area (Å²) in [6, 6.07) is 14.1. The van der Waals surface area contributed by atoms with Crippen molar-refractivity contribution in [2.75, 3.05) is 12.4 Å². The van der Waals surface area contributed by atoms with Crippen molar-refractivity contribution < 1.29 is 19.2 Å². The first kappa shape index (κ1) is 15.6. The predicted octanol–water partition coefficient (Wildman–Crippen LogP) is 3.29. The molecule has 1 aromatic heterocycles. The van der Waals surface area contributed by atoms with Crippen LogP contribution in [0.1, 0.15) is 15.9 Å². The van der Waals surface area contributed by atoms with Gasteiger partial charge >= 0.3 is 0 Å². The molecular formula is C18H16N2O4. The number of amides is 1. The Morgan fingerprint density at radius 3 is 2.58 bits per heavy atom. The van der Waals surface area contributed by atoms with Gasteiger partial charge in [0.15, 0.2) is 0 Å². The zero-order valence-corrected chi connectivity index (χ0v) is 13.2. The zero-order chi connectivity index (χ0) is 17.1. The number of hydrogen-bond donors (Lipinski definition) is 2. The van der Waals surface area contributed by atoms with Crippen LogP contribution < -0.4 is 15.6 Å². The quantitative estimate of drug-likeness (QED) is 0.572. The number of ether oxygens (including phenoxy) is 1. The van der Waals surface area contributed by atoms with E-state index >= 15 is 0 Å². The smallest absolute Gasteiger partial charge is 0.268 e. The Morgan fingerprint density at radius 2 is 1.92 bits per heavy atom. The molecule has 0 aliphatic heterocycles. The molecule has 0 saturated carbocycles. The highest BCUT2D eigenvalue weighted by Crippen LogP contribution is 2.20. The molecule has 1 heterocycles. The molecule has 2 aromatic carbocycles. The summed E-state index contributed by atoms with van der Waals surface area (Å²) in [5, 5.41) is 15.7. The summed E-state index contributed by atoms with van der Waals surface area (Å²) in [5.41, 5.74) is 2.18. The van der Waals surface area contributed by atoms with Gasteiger partial charge in [0.2, 0.25) is 0 Å². The van der Waals surface area contributed by atoms with Crippen molar-refractivity contribution in [3.8, 4) is 5.75 Å². The first-order valence-corrected chi connectivity index (χ1v) is 7.29. The molecule has 3 aromatic rings. The number of fused-ring (bicyclic) bond motifs is 1. The Hall–Kier alpha value is -3.28. The van der Waals surface area contributed by atoms with E-state index in [4.69, 9.17) is 14.4 Å². The van der Waals surface area contributed by atoms with E-state index in [-0.39, 0.29) is 11.1 Å². The molecule has 24 heavy (non-hydrogen) atoms. The van der Waals surface area contributed by atoms with Crippen LogP contribution in [0, 0.1) is 6.92 Å². The van der Waals surface area contributed by atoms with Crippen LogP contribution in [0.15, 0.2) is 58.1 Å². The lowest BCUT2D eigenvalue weighted by molar-refractivity contribution is 0.102. The molecule has 0 atom stereocenters. The number of nitrogens with zero attached hydrogens (tertiary/aromatic N) is 1. The summed E-state index contributed by atoms with van der Waals surface area (Å²) in [5.74, 6) is 0.205. The van der Waals surface area contributed by atoms with Gasteiger partial charge in [-0.15, -0.1) is 0 Å². The maximum atomic E-state index is 12.5. The summed E-state index contributed by atoms with van der Waals surface area (Å²) in [4.78, 5) is 12.5. The van der Waals surface area contributed by atoms with Crippen molar-refractivity contribution in [1.29, 1.82) is 0 Å². The van der Waals surface area contributed by atoms with E-state index < -0.39 is 5.91 Å². The van der Waals surface area contributed by atoms with Gasteiger partial charge in [-0.3, -0.25) is 4.79 Å². The zero-order valence-electron chi connectivity index (χ0n) is 13.2. The van der Waals surface area contributed by atoms with Gasteiger partial charge < -0.3 is 19.7 Å². The number of carbonyl (C=O) groups is 1. The van der Waals surface area contributed by atoms with Crippen LogP contribution in [0.4, 0.5) is 5.69 Å². The Kier molecular flexibility index (Phi) is 4.20. The topological polar surface area (TPSA) is 84.1 Å². The van der Waals surface area contributed by atoms with Gasteiger partial charge in [-0.2, -0.15) is 0 Å². The van der Waals surface area contributed by atoms with Crippen molar-refractivity contribution in [3.05, 3.63) is 65.2 Å². The Bertz CT molecular complexity index is 959. The molecule has 2 N–H and O–H groups in total. The third-order valence-corrected chi connectivity index (χ3v) is 3.60. The highest BCUT2D eigenvalue weighted by atomic mass is 16.5. The van der Waals surface area contributed by atoms with Gasteiger partial charge in [0.25, 0.3) is 11.5 Å². The van der Waals surface area contributed by atoms with Crippen LogP contribution in [0.2, 0.25) is 0 Å². The Balaban J connectivity index is 2.03. The average Bonchev–Trinajstić information content (AvgIpc) is 2.61. The maximum absolute atomic E-state index is 12.5. The van der Waals surface area contributed by atoms with E-state index in [1.54, 1.807) is 43.5 Å². The van der Waals surface area contributed by atoms with E-state index in [0.717, 1.165) is 5.56 Å². The molecule has 0 saturated heterocycles. The SMILES string of the molecule is COc1ccc2o/c(=N/O)c(C(=O)Nc3ccc(C)cc3)cc2c1. The molecule has 0 aliphatic carbocycles. The second kappa shape index (κ2) is 6.45. The fraction of sp³-hybridized carbons (Fsp3) is 0.111. The minimum atomic E-state index is -0.430. The molecule has 6 nitrogen and oxygen atoms in total.